The van der Waals surface area contributed by atoms with Gasteiger partial charge >= 0.3 is 0 Å². The van der Waals surface area contributed by atoms with E-state index < -0.39 is 33.6 Å². The minimum atomic E-state index is -3.92. The van der Waals surface area contributed by atoms with Crippen molar-refractivity contribution in [2.24, 2.45) is 0 Å². The van der Waals surface area contributed by atoms with Gasteiger partial charge in [-0.05, 0) is 43.0 Å². The molecule has 2 N–H and O–H groups in total. The first-order valence-corrected chi connectivity index (χ1v) is 15.2. The lowest BCUT2D eigenvalue weighted by molar-refractivity contribution is -0.141. The van der Waals surface area contributed by atoms with E-state index in [1.54, 1.807) is 31.2 Å². The number of carbonyl (C=O) groups excluding carboxylic acids is 2. The van der Waals surface area contributed by atoms with Gasteiger partial charge in [0.05, 0.1) is 20.3 Å². The van der Waals surface area contributed by atoms with E-state index in [2.05, 4.69) is 4.98 Å². The lowest BCUT2D eigenvalue weighted by atomic mass is 10.1. The highest BCUT2D eigenvalue weighted by molar-refractivity contribution is 7.89. The van der Waals surface area contributed by atoms with Gasteiger partial charge in [0, 0.05) is 25.0 Å². The molecule has 1 amide bonds. The summed E-state index contributed by atoms with van der Waals surface area (Å²) in [6.07, 6.45) is -0.0447. The molecule has 0 aliphatic rings. The lowest BCUT2D eigenvalue weighted by Crippen LogP contribution is -2.36. The van der Waals surface area contributed by atoms with E-state index in [-0.39, 0.29) is 25.4 Å². The Kier molecular flexibility index (Phi) is 11.3. The predicted octanol–water partition coefficient (Wildman–Crippen LogP) is 2.59. The number of thiazole rings is 1. The second kappa shape index (κ2) is 14.5. The number of aliphatic hydroxyl groups excluding tert-OH is 2. The summed E-state index contributed by atoms with van der Waals surface area (Å²) in [5.41, 5.74) is 1.58. The third-order valence-electron chi connectivity index (χ3n) is 6.35. The smallest absolute Gasteiger partial charge is 0.256 e. The highest BCUT2D eigenvalue weighted by Gasteiger charge is 2.28. The number of ketones is 1. The van der Waals surface area contributed by atoms with Gasteiger partial charge in [0.15, 0.2) is 11.9 Å². The number of sulfonamides is 1. The lowest BCUT2D eigenvalue weighted by Gasteiger charge is -2.25. The van der Waals surface area contributed by atoms with Gasteiger partial charge in [-0.15, -0.1) is 11.3 Å². The Morgan fingerprint density at radius 3 is 2.38 bits per heavy atom. The summed E-state index contributed by atoms with van der Waals surface area (Å²) >= 11 is 1.20. The normalized spacial score (nSPS) is 12.3. The fraction of sp³-hybridized carbons (Fsp3) is 0.393. The average molecular weight is 590 g/mol. The number of aryl methyl sites for hydroxylation is 2. The summed E-state index contributed by atoms with van der Waals surface area (Å²) in [6, 6.07) is 16.4. The third-order valence-corrected chi connectivity index (χ3v) is 9.06. The fourth-order valence-electron chi connectivity index (χ4n) is 4.05. The number of benzene rings is 2. The minimum Gasteiger partial charge on any atom is -0.497 e. The molecule has 12 heteroatoms. The maximum atomic E-state index is 13.4. The van der Waals surface area contributed by atoms with Crippen LogP contribution in [-0.2, 0) is 27.8 Å². The first-order valence-electron chi connectivity index (χ1n) is 12.7. The number of likely N-dealkylation sites (N-methyl/N-ethyl adjacent to an activating group) is 1. The second-order valence-electron chi connectivity index (χ2n) is 9.26. The molecule has 0 saturated heterocycles. The van der Waals surface area contributed by atoms with Crippen molar-refractivity contribution in [1.29, 1.82) is 0 Å². The largest absolute Gasteiger partial charge is 0.497 e. The maximum absolute atomic E-state index is 13.4. The van der Waals surface area contributed by atoms with E-state index in [1.807, 2.05) is 30.3 Å². The molecule has 3 aromatic rings. The Hall–Kier alpha value is -3.16. The molecule has 0 radical (unpaired) electrons. The van der Waals surface area contributed by atoms with Gasteiger partial charge in [0.1, 0.15) is 22.2 Å². The third kappa shape index (κ3) is 8.42. The summed E-state index contributed by atoms with van der Waals surface area (Å²) in [5.74, 6) is -1.34. The van der Waals surface area contributed by atoms with Crippen LogP contribution in [0.25, 0.3) is 0 Å². The first kappa shape index (κ1) is 31.4. The molecule has 0 fully saturated rings. The van der Waals surface area contributed by atoms with Crippen molar-refractivity contribution in [1.82, 2.24) is 14.2 Å². The Bertz CT molecular complexity index is 1380. The highest BCUT2D eigenvalue weighted by atomic mass is 32.2. The first-order chi connectivity index (χ1) is 19.1. The molecule has 0 aliphatic heterocycles. The van der Waals surface area contributed by atoms with E-state index in [0.717, 1.165) is 16.3 Å². The Balaban J connectivity index is 1.79. The van der Waals surface area contributed by atoms with Crippen molar-refractivity contribution >= 4 is 33.1 Å². The van der Waals surface area contributed by atoms with Crippen LogP contribution in [0.1, 0.15) is 44.0 Å². The highest BCUT2D eigenvalue weighted by Crippen LogP contribution is 2.24. The number of amides is 1. The van der Waals surface area contributed by atoms with Gasteiger partial charge in [-0.2, -0.15) is 0 Å². The average Bonchev–Trinajstić information content (AvgIpc) is 3.32. The van der Waals surface area contributed by atoms with Gasteiger partial charge < -0.3 is 19.8 Å². The molecular weight excluding hydrogens is 554 g/mol. The molecule has 0 aliphatic carbocycles. The topological polar surface area (TPSA) is 137 Å². The number of aromatic nitrogens is 1. The number of Topliss-reactive ketones (excluding diaryl/α,β-unsaturated/α-hetero) is 1. The summed E-state index contributed by atoms with van der Waals surface area (Å²) in [7, 11) is -1.09. The Labute approximate surface area is 238 Å². The zero-order valence-corrected chi connectivity index (χ0v) is 24.5. The second-order valence-corrected chi connectivity index (χ2v) is 12.6. The molecule has 0 unspecified atom stereocenters. The van der Waals surface area contributed by atoms with Crippen molar-refractivity contribution in [3.63, 3.8) is 0 Å². The number of carbonyl (C=O) groups is 2. The molecule has 0 saturated carbocycles. The molecule has 3 rings (SSSR count). The van der Waals surface area contributed by atoms with Crippen molar-refractivity contribution in [3.05, 3.63) is 81.3 Å². The van der Waals surface area contributed by atoms with Crippen LogP contribution < -0.4 is 4.74 Å². The van der Waals surface area contributed by atoms with Gasteiger partial charge in [0.2, 0.25) is 10.0 Å². The Morgan fingerprint density at radius 2 is 1.75 bits per heavy atom. The molecule has 2 aromatic carbocycles. The number of methoxy groups -OCH3 is 1. The number of hydrogen-bond donors (Lipinski definition) is 2. The van der Waals surface area contributed by atoms with Crippen molar-refractivity contribution < 1.29 is 33.0 Å². The number of aliphatic hydroxyl groups is 2. The number of hydrogen-bond acceptors (Lipinski definition) is 9. The van der Waals surface area contributed by atoms with Crippen molar-refractivity contribution in [2.75, 3.05) is 39.6 Å². The van der Waals surface area contributed by atoms with Gasteiger partial charge in [-0.1, -0.05) is 42.5 Å². The molecular formula is C28H35N3O7S2. The van der Waals surface area contributed by atoms with Crippen LogP contribution in [0, 0.1) is 6.92 Å². The van der Waals surface area contributed by atoms with E-state index in [0.29, 0.717) is 34.2 Å². The molecule has 1 aromatic heterocycles. The minimum absolute atomic E-state index is 0.0355. The zero-order valence-electron chi connectivity index (χ0n) is 22.8. The molecule has 1 atom stereocenters. The zero-order chi connectivity index (χ0) is 29.3. The summed E-state index contributed by atoms with van der Waals surface area (Å²) in [6.45, 7) is 1.58. The molecule has 10 nitrogen and oxygen atoms in total. The quantitative estimate of drug-likeness (QED) is 0.258. The van der Waals surface area contributed by atoms with E-state index in [9.17, 15) is 23.1 Å². The van der Waals surface area contributed by atoms with Crippen molar-refractivity contribution in [2.45, 2.75) is 32.4 Å². The number of ether oxygens (including phenoxy) is 1. The monoisotopic (exact) mass is 589 g/mol. The number of rotatable bonds is 15. The Morgan fingerprint density at radius 1 is 1.07 bits per heavy atom. The van der Waals surface area contributed by atoms with E-state index in [1.165, 1.54) is 30.4 Å². The van der Waals surface area contributed by atoms with Crippen molar-refractivity contribution in [3.8, 4) is 5.75 Å². The van der Waals surface area contributed by atoms with Crippen LogP contribution in [-0.4, -0.2) is 84.1 Å². The van der Waals surface area contributed by atoms with Crippen LogP contribution in [0.15, 0.2) is 54.6 Å². The molecule has 40 heavy (non-hydrogen) atoms. The summed E-state index contributed by atoms with van der Waals surface area (Å²) in [5, 5.41) is 20.4. The fourth-order valence-corrected chi connectivity index (χ4v) is 6.07. The predicted molar refractivity (Wildman–Crippen MR) is 153 cm³/mol. The van der Waals surface area contributed by atoms with Crippen LogP contribution in [0.2, 0.25) is 0 Å². The van der Waals surface area contributed by atoms with Crippen LogP contribution in [0.3, 0.4) is 0 Å². The SMILES string of the molecule is COc1ccc([C@@H](O)C(=O)N(CCCc2ccccc2)Cc2nc(C(=O)CS(=O)(=O)N(C)CCO)c(C)s2)cc1. The van der Waals surface area contributed by atoms with E-state index >= 15 is 0 Å². The molecule has 0 bridgehead atoms. The van der Waals surface area contributed by atoms with E-state index in [4.69, 9.17) is 9.84 Å². The van der Waals surface area contributed by atoms with Crippen LogP contribution in [0.5, 0.6) is 5.75 Å². The summed E-state index contributed by atoms with van der Waals surface area (Å²) in [4.78, 5) is 32.7. The van der Waals surface area contributed by atoms with Crippen LogP contribution >= 0.6 is 11.3 Å². The summed E-state index contributed by atoms with van der Waals surface area (Å²) < 4.78 is 31.0. The molecule has 0 spiro atoms. The van der Waals surface area contributed by atoms with Gasteiger partial charge in [-0.3, -0.25) is 9.59 Å². The van der Waals surface area contributed by atoms with Gasteiger partial charge in [-0.25, -0.2) is 17.7 Å². The molecule has 1 heterocycles. The maximum Gasteiger partial charge on any atom is 0.256 e. The molecule has 216 valence electrons. The standard InChI is InChI=1S/C28H35N3O7S2/c1-20-26(24(33)19-40(36,37)30(2)16-17-32)29-25(39-20)18-31(15-7-10-21-8-5-4-6-9-21)28(35)27(34)22-11-13-23(38-3)14-12-22/h4-6,8-9,11-14,27,32,34H,7,10,15-19H2,1-3H3/t27-/m1/s1. The van der Waals surface area contributed by atoms with Gasteiger partial charge in [0.25, 0.3) is 5.91 Å². The number of nitrogens with zero attached hydrogens (tertiary/aromatic N) is 3. The van der Waals surface area contributed by atoms with Crippen LogP contribution in [0.4, 0.5) is 0 Å².